The average Bonchev–Trinajstić information content (AvgIpc) is 2.92. The molecule has 98 valence electrons. The lowest BCUT2D eigenvalue weighted by atomic mass is 9.96. The van der Waals surface area contributed by atoms with Crippen LogP contribution in [0.4, 0.5) is 0 Å². The van der Waals surface area contributed by atoms with Crippen LogP contribution < -0.4 is 4.74 Å². The summed E-state index contributed by atoms with van der Waals surface area (Å²) < 4.78 is 3.93. The fourth-order valence-electron chi connectivity index (χ4n) is 1.96. The number of aliphatic carboxylic acids is 1. The molecule has 1 aromatic carbocycles. The van der Waals surface area contributed by atoms with Crippen molar-refractivity contribution in [2.75, 3.05) is 13.2 Å². The first-order chi connectivity index (χ1) is 8.44. The van der Waals surface area contributed by atoms with Crippen LogP contribution in [0.5, 0.6) is 5.75 Å². The Labute approximate surface area is 114 Å². The maximum absolute atomic E-state index is 11.3. The summed E-state index contributed by atoms with van der Waals surface area (Å²) in [6.07, 6.45) is 0.190. The number of rotatable bonds is 5. The highest BCUT2D eigenvalue weighted by Crippen LogP contribution is 2.65. The van der Waals surface area contributed by atoms with Crippen LogP contribution in [-0.4, -0.2) is 33.7 Å². The molecule has 1 atom stereocenters. The van der Waals surface area contributed by atoms with E-state index < -0.39 is 15.7 Å². The standard InChI is InChI=1S/C12H12Cl2O4/c13-12(14)7-11(12,10(16)17)8-1-3-9(4-2-8)18-6-5-15/h1-4,15H,5-7H2,(H,16,17). The molecule has 0 heterocycles. The molecule has 0 saturated heterocycles. The largest absolute Gasteiger partial charge is 0.491 e. The number of carboxylic acid groups (broad SMARTS) is 1. The minimum absolute atomic E-state index is 0.0761. The van der Waals surface area contributed by atoms with E-state index in [-0.39, 0.29) is 19.6 Å². The third kappa shape index (κ3) is 2.05. The maximum Gasteiger partial charge on any atom is 0.317 e. The minimum atomic E-state index is -1.26. The van der Waals surface area contributed by atoms with Gasteiger partial charge in [-0.15, -0.1) is 0 Å². The van der Waals surface area contributed by atoms with Crippen LogP contribution in [0.25, 0.3) is 0 Å². The lowest BCUT2D eigenvalue weighted by molar-refractivity contribution is -0.140. The Balaban J connectivity index is 2.22. The molecule has 0 aliphatic heterocycles. The van der Waals surface area contributed by atoms with E-state index >= 15 is 0 Å². The summed E-state index contributed by atoms with van der Waals surface area (Å²) in [7, 11) is 0. The summed E-state index contributed by atoms with van der Waals surface area (Å²) in [6, 6.07) is 6.54. The van der Waals surface area contributed by atoms with Crippen LogP contribution in [0.2, 0.25) is 0 Å². The molecule has 0 radical (unpaired) electrons. The fraction of sp³-hybridized carbons (Fsp3) is 0.417. The lowest BCUT2D eigenvalue weighted by Crippen LogP contribution is -2.26. The van der Waals surface area contributed by atoms with Crippen molar-refractivity contribution in [3.63, 3.8) is 0 Å². The number of hydrogen-bond acceptors (Lipinski definition) is 3. The average molecular weight is 291 g/mol. The van der Waals surface area contributed by atoms with Gasteiger partial charge in [0.15, 0.2) is 0 Å². The second kappa shape index (κ2) is 4.61. The van der Waals surface area contributed by atoms with Crippen LogP contribution in [-0.2, 0) is 10.2 Å². The zero-order chi connectivity index (χ0) is 13.4. The van der Waals surface area contributed by atoms with Crippen LogP contribution in [0.1, 0.15) is 12.0 Å². The Morgan fingerprint density at radius 2 is 1.89 bits per heavy atom. The normalized spacial score (nSPS) is 24.6. The summed E-state index contributed by atoms with van der Waals surface area (Å²) in [5.41, 5.74) is -0.678. The Bertz CT molecular complexity index is 458. The van der Waals surface area contributed by atoms with E-state index in [2.05, 4.69) is 0 Å². The molecule has 1 fully saturated rings. The summed E-state index contributed by atoms with van der Waals surface area (Å²) in [5, 5.41) is 17.9. The van der Waals surface area contributed by atoms with E-state index in [1.165, 1.54) is 0 Å². The zero-order valence-corrected chi connectivity index (χ0v) is 10.9. The number of aliphatic hydroxyl groups is 1. The van der Waals surface area contributed by atoms with Crippen molar-refractivity contribution in [3.05, 3.63) is 29.8 Å². The van der Waals surface area contributed by atoms with Crippen molar-refractivity contribution in [2.24, 2.45) is 0 Å². The van der Waals surface area contributed by atoms with Gasteiger partial charge in [0.2, 0.25) is 0 Å². The van der Waals surface area contributed by atoms with Crippen molar-refractivity contribution < 1.29 is 19.7 Å². The number of halogens is 2. The smallest absolute Gasteiger partial charge is 0.317 e. The number of carbonyl (C=O) groups is 1. The van der Waals surface area contributed by atoms with Crippen molar-refractivity contribution in [3.8, 4) is 5.75 Å². The van der Waals surface area contributed by atoms with E-state index in [1.807, 2.05) is 0 Å². The van der Waals surface area contributed by atoms with Gasteiger partial charge in [-0.25, -0.2) is 0 Å². The highest BCUT2D eigenvalue weighted by Gasteiger charge is 2.72. The molecule has 0 amide bonds. The van der Waals surface area contributed by atoms with Gasteiger partial charge < -0.3 is 14.9 Å². The number of aliphatic hydroxyl groups excluding tert-OH is 1. The molecule has 4 nitrogen and oxygen atoms in total. The van der Waals surface area contributed by atoms with Gasteiger partial charge in [-0.3, -0.25) is 4.79 Å². The van der Waals surface area contributed by atoms with Crippen LogP contribution >= 0.6 is 23.2 Å². The van der Waals surface area contributed by atoms with Crippen molar-refractivity contribution in [1.29, 1.82) is 0 Å². The maximum atomic E-state index is 11.3. The van der Waals surface area contributed by atoms with Crippen molar-refractivity contribution in [1.82, 2.24) is 0 Å². The van der Waals surface area contributed by atoms with Gasteiger partial charge in [-0.1, -0.05) is 35.3 Å². The van der Waals surface area contributed by atoms with Gasteiger partial charge in [-0.05, 0) is 17.7 Å². The van der Waals surface area contributed by atoms with Crippen LogP contribution in [0.15, 0.2) is 24.3 Å². The third-order valence-corrected chi connectivity index (χ3v) is 3.97. The molecule has 18 heavy (non-hydrogen) atoms. The number of alkyl halides is 2. The van der Waals surface area contributed by atoms with Gasteiger partial charge in [0.1, 0.15) is 22.1 Å². The van der Waals surface area contributed by atoms with Gasteiger partial charge in [-0.2, -0.15) is 0 Å². The van der Waals surface area contributed by atoms with Gasteiger partial charge in [0.05, 0.1) is 6.61 Å². The van der Waals surface area contributed by atoms with Crippen molar-refractivity contribution in [2.45, 2.75) is 16.2 Å². The first-order valence-corrected chi connectivity index (χ1v) is 6.15. The minimum Gasteiger partial charge on any atom is -0.491 e. The Morgan fingerprint density at radius 1 is 1.33 bits per heavy atom. The van der Waals surface area contributed by atoms with Gasteiger partial charge in [0, 0.05) is 6.42 Å². The summed E-state index contributed by atoms with van der Waals surface area (Å²) in [5.74, 6) is -0.472. The molecule has 1 saturated carbocycles. The first kappa shape index (κ1) is 13.5. The Hall–Kier alpha value is -0.970. The molecule has 1 aromatic rings. The second-order valence-corrected chi connectivity index (χ2v) is 5.67. The Kier molecular flexibility index (Phi) is 3.45. The number of ether oxygens (including phenoxy) is 1. The molecule has 1 aliphatic carbocycles. The summed E-state index contributed by atoms with van der Waals surface area (Å²) in [4.78, 5) is 11.3. The zero-order valence-electron chi connectivity index (χ0n) is 9.40. The molecule has 6 heteroatoms. The van der Waals surface area contributed by atoms with E-state index in [0.717, 1.165) is 0 Å². The summed E-state index contributed by atoms with van der Waals surface area (Å²) >= 11 is 11.9. The molecule has 1 unspecified atom stereocenters. The molecular formula is C12H12Cl2O4. The van der Waals surface area contributed by atoms with Gasteiger partial charge >= 0.3 is 5.97 Å². The predicted molar refractivity (Wildman–Crippen MR) is 67.4 cm³/mol. The molecule has 1 aliphatic rings. The lowest BCUT2D eigenvalue weighted by Gasteiger charge is -2.14. The SMILES string of the molecule is O=C(O)C1(c2ccc(OCCO)cc2)CC1(Cl)Cl. The van der Waals surface area contributed by atoms with E-state index in [0.29, 0.717) is 11.3 Å². The topological polar surface area (TPSA) is 66.8 Å². The second-order valence-electron chi connectivity index (χ2n) is 4.19. The highest BCUT2D eigenvalue weighted by molar-refractivity contribution is 6.54. The highest BCUT2D eigenvalue weighted by atomic mass is 35.5. The van der Waals surface area contributed by atoms with E-state index in [9.17, 15) is 9.90 Å². The monoisotopic (exact) mass is 290 g/mol. The third-order valence-electron chi connectivity index (χ3n) is 3.06. The predicted octanol–water partition coefficient (Wildman–Crippen LogP) is 1.96. The fourth-order valence-corrected chi connectivity index (χ4v) is 2.74. The molecule has 0 aromatic heterocycles. The number of hydrogen-bond donors (Lipinski definition) is 2. The van der Waals surface area contributed by atoms with Gasteiger partial charge in [0.25, 0.3) is 0 Å². The summed E-state index contributed by atoms with van der Waals surface area (Å²) in [6.45, 7) is 0.117. The molecule has 2 rings (SSSR count). The Morgan fingerprint density at radius 3 is 2.28 bits per heavy atom. The molecular weight excluding hydrogens is 279 g/mol. The van der Waals surface area contributed by atoms with E-state index in [1.54, 1.807) is 24.3 Å². The quantitative estimate of drug-likeness (QED) is 0.814. The van der Waals surface area contributed by atoms with Crippen LogP contribution in [0.3, 0.4) is 0 Å². The van der Waals surface area contributed by atoms with Crippen LogP contribution in [0, 0.1) is 0 Å². The van der Waals surface area contributed by atoms with E-state index in [4.69, 9.17) is 33.0 Å². The molecule has 0 bridgehead atoms. The van der Waals surface area contributed by atoms with Crippen molar-refractivity contribution >= 4 is 29.2 Å². The number of benzene rings is 1. The molecule has 0 spiro atoms. The molecule has 2 N–H and O–H groups in total. The first-order valence-electron chi connectivity index (χ1n) is 5.39. The number of carboxylic acids is 1.